The summed E-state index contributed by atoms with van der Waals surface area (Å²) < 4.78 is 0. The van der Waals surface area contributed by atoms with Crippen molar-refractivity contribution >= 4 is 5.91 Å². The van der Waals surface area contributed by atoms with Gasteiger partial charge in [0.15, 0.2) is 0 Å². The smallest absolute Gasteiger partial charge is 0.251 e. The van der Waals surface area contributed by atoms with Crippen LogP contribution in [0.2, 0.25) is 0 Å². The van der Waals surface area contributed by atoms with Crippen molar-refractivity contribution in [1.29, 1.82) is 0 Å². The lowest BCUT2D eigenvalue weighted by Gasteiger charge is -2.09. The molecule has 1 unspecified atom stereocenters. The first-order valence-electron chi connectivity index (χ1n) is 5.26. The van der Waals surface area contributed by atoms with Gasteiger partial charge in [0.05, 0.1) is 6.61 Å². The number of carbonyl (C=O) groups is 1. The number of aliphatic hydroxyl groups excluding tert-OH is 2. The molecule has 4 nitrogen and oxygen atoms in total. The molecule has 1 atom stereocenters. The Morgan fingerprint density at radius 2 is 1.94 bits per heavy atom. The Hall–Kier alpha value is -1.39. The number of benzene rings is 1. The van der Waals surface area contributed by atoms with Crippen molar-refractivity contribution in [3.8, 4) is 0 Å². The van der Waals surface area contributed by atoms with Gasteiger partial charge in [0, 0.05) is 18.7 Å². The van der Waals surface area contributed by atoms with Gasteiger partial charge in [-0.25, -0.2) is 0 Å². The molecule has 0 saturated carbocycles. The van der Waals surface area contributed by atoms with Crippen molar-refractivity contribution in [1.82, 2.24) is 5.32 Å². The third kappa shape index (κ3) is 3.64. The number of rotatable bonds is 5. The van der Waals surface area contributed by atoms with Crippen LogP contribution in [-0.4, -0.2) is 29.3 Å². The lowest BCUT2D eigenvalue weighted by atomic mass is 10.1. The highest BCUT2D eigenvalue weighted by Gasteiger charge is 2.06. The number of hydrogen-bond donors (Lipinski definition) is 3. The molecule has 1 amide bonds. The van der Waals surface area contributed by atoms with E-state index in [1.54, 1.807) is 24.3 Å². The molecule has 0 heterocycles. The van der Waals surface area contributed by atoms with Crippen molar-refractivity contribution in [2.24, 2.45) is 5.92 Å². The fourth-order valence-corrected chi connectivity index (χ4v) is 1.20. The second-order valence-electron chi connectivity index (χ2n) is 3.85. The zero-order chi connectivity index (χ0) is 12.0. The predicted octanol–water partition coefficient (Wildman–Crippen LogP) is 0.537. The van der Waals surface area contributed by atoms with Crippen LogP contribution in [0.15, 0.2) is 24.3 Å². The number of amides is 1. The van der Waals surface area contributed by atoms with Crippen LogP contribution in [0.4, 0.5) is 0 Å². The summed E-state index contributed by atoms with van der Waals surface area (Å²) in [5.41, 5.74) is 1.34. The van der Waals surface area contributed by atoms with E-state index in [0.29, 0.717) is 12.1 Å². The molecule has 1 aromatic carbocycles. The zero-order valence-corrected chi connectivity index (χ0v) is 9.31. The molecule has 0 radical (unpaired) electrons. The zero-order valence-electron chi connectivity index (χ0n) is 9.31. The van der Waals surface area contributed by atoms with Crippen LogP contribution in [0.5, 0.6) is 0 Å². The van der Waals surface area contributed by atoms with Crippen LogP contribution in [0.1, 0.15) is 22.8 Å². The van der Waals surface area contributed by atoms with E-state index < -0.39 is 0 Å². The van der Waals surface area contributed by atoms with Gasteiger partial charge in [-0.2, -0.15) is 0 Å². The highest BCUT2D eigenvalue weighted by Crippen LogP contribution is 2.04. The molecule has 1 rings (SSSR count). The van der Waals surface area contributed by atoms with Crippen LogP contribution in [0.3, 0.4) is 0 Å². The van der Waals surface area contributed by atoms with E-state index in [1.165, 1.54) is 0 Å². The van der Waals surface area contributed by atoms with Gasteiger partial charge in [0.25, 0.3) is 5.91 Å². The van der Waals surface area contributed by atoms with Crippen molar-refractivity contribution in [3.05, 3.63) is 35.4 Å². The molecule has 3 N–H and O–H groups in total. The van der Waals surface area contributed by atoms with E-state index in [4.69, 9.17) is 10.2 Å². The molecule has 88 valence electrons. The predicted molar refractivity (Wildman–Crippen MR) is 60.9 cm³/mol. The lowest BCUT2D eigenvalue weighted by Crippen LogP contribution is -2.29. The summed E-state index contributed by atoms with van der Waals surface area (Å²) in [6.45, 7) is 2.35. The van der Waals surface area contributed by atoms with Gasteiger partial charge < -0.3 is 15.5 Å². The molecule has 16 heavy (non-hydrogen) atoms. The monoisotopic (exact) mass is 223 g/mol. The van der Waals surface area contributed by atoms with Gasteiger partial charge in [-0.1, -0.05) is 19.1 Å². The van der Waals surface area contributed by atoms with E-state index in [-0.39, 0.29) is 25.0 Å². The molecule has 0 bridgehead atoms. The summed E-state index contributed by atoms with van der Waals surface area (Å²) in [5.74, 6) is -0.106. The average Bonchev–Trinajstić information content (AvgIpc) is 2.35. The molecule has 1 aromatic rings. The van der Waals surface area contributed by atoms with Crippen LogP contribution in [0.25, 0.3) is 0 Å². The average molecular weight is 223 g/mol. The van der Waals surface area contributed by atoms with Crippen molar-refractivity contribution in [2.45, 2.75) is 13.5 Å². The third-order valence-electron chi connectivity index (χ3n) is 2.32. The second kappa shape index (κ2) is 6.25. The Balaban J connectivity index is 2.52. The van der Waals surface area contributed by atoms with Gasteiger partial charge >= 0.3 is 0 Å². The van der Waals surface area contributed by atoms with Crippen LogP contribution < -0.4 is 5.32 Å². The number of carbonyl (C=O) groups excluding carboxylic acids is 1. The highest BCUT2D eigenvalue weighted by atomic mass is 16.3. The highest BCUT2D eigenvalue weighted by molar-refractivity contribution is 5.94. The van der Waals surface area contributed by atoms with Gasteiger partial charge in [-0.15, -0.1) is 0 Å². The Labute approximate surface area is 94.9 Å². The Morgan fingerprint density at radius 1 is 1.31 bits per heavy atom. The summed E-state index contributed by atoms with van der Waals surface area (Å²) >= 11 is 0. The first-order chi connectivity index (χ1) is 7.67. The SMILES string of the molecule is CC(CO)CNC(=O)c1ccc(CO)cc1. The third-order valence-corrected chi connectivity index (χ3v) is 2.32. The standard InChI is InChI=1S/C12H17NO3/c1-9(7-14)6-13-12(16)11-4-2-10(8-15)3-5-11/h2-5,9,14-15H,6-8H2,1H3,(H,13,16). The molecule has 0 fully saturated rings. The Bertz CT molecular complexity index is 335. The molecule has 0 spiro atoms. The number of nitrogens with one attached hydrogen (secondary N) is 1. The normalized spacial score (nSPS) is 12.2. The molecule has 0 saturated heterocycles. The summed E-state index contributed by atoms with van der Waals surface area (Å²) in [4.78, 5) is 11.6. The summed E-state index contributed by atoms with van der Waals surface area (Å²) in [6.07, 6.45) is 0. The fraction of sp³-hybridized carbons (Fsp3) is 0.417. The van der Waals surface area contributed by atoms with Crippen molar-refractivity contribution < 1.29 is 15.0 Å². The maximum Gasteiger partial charge on any atom is 0.251 e. The second-order valence-corrected chi connectivity index (χ2v) is 3.85. The Morgan fingerprint density at radius 3 is 2.44 bits per heavy atom. The van der Waals surface area contributed by atoms with Crippen LogP contribution in [0, 0.1) is 5.92 Å². The van der Waals surface area contributed by atoms with Gasteiger partial charge in [0.2, 0.25) is 0 Å². The molecule has 0 aliphatic rings. The number of aliphatic hydroxyl groups is 2. The van der Waals surface area contributed by atoms with Crippen LogP contribution in [-0.2, 0) is 6.61 Å². The molecule has 0 aliphatic carbocycles. The molecule has 4 heteroatoms. The molecular weight excluding hydrogens is 206 g/mol. The van der Waals surface area contributed by atoms with E-state index in [2.05, 4.69) is 5.32 Å². The largest absolute Gasteiger partial charge is 0.396 e. The quantitative estimate of drug-likeness (QED) is 0.682. The first-order valence-corrected chi connectivity index (χ1v) is 5.26. The van der Waals surface area contributed by atoms with E-state index in [9.17, 15) is 4.79 Å². The topological polar surface area (TPSA) is 69.6 Å². The summed E-state index contributed by atoms with van der Waals surface area (Å²) in [5, 5.41) is 20.4. The lowest BCUT2D eigenvalue weighted by molar-refractivity contribution is 0.0942. The summed E-state index contributed by atoms with van der Waals surface area (Å²) in [6, 6.07) is 6.77. The van der Waals surface area contributed by atoms with E-state index >= 15 is 0 Å². The summed E-state index contributed by atoms with van der Waals surface area (Å²) in [7, 11) is 0. The number of hydrogen-bond acceptors (Lipinski definition) is 3. The first kappa shape index (κ1) is 12.7. The fourth-order valence-electron chi connectivity index (χ4n) is 1.20. The van der Waals surface area contributed by atoms with E-state index in [1.807, 2.05) is 6.92 Å². The molecule has 0 aliphatic heterocycles. The van der Waals surface area contributed by atoms with Gasteiger partial charge in [-0.3, -0.25) is 4.79 Å². The Kier molecular flexibility index (Phi) is 4.95. The van der Waals surface area contributed by atoms with Crippen molar-refractivity contribution in [2.75, 3.05) is 13.2 Å². The van der Waals surface area contributed by atoms with E-state index in [0.717, 1.165) is 5.56 Å². The van der Waals surface area contributed by atoms with Crippen LogP contribution >= 0.6 is 0 Å². The minimum absolute atomic E-state index is 0.0244. The molecular formula is C12H17NO3. The van der Waals surface area contributed by atoms with Gasteiger partial charge in [0.1, 0.15) is 0 Å². The maximum atomic E-state index is 11.6. The molecule has 0 aromatic heterocycles. The minimum Gasteiger partial charge on any atom is -0.396 e. The van der Waals surface area contributed by atoms with Gasteiger partial charge in [-0.05, 0) is 23.6 Å². The minimum atomic E-state index is -0.162. The maximum absolute atomic E-state index is 11.6. The van der Waals surface area contributed by atoms with Crippen molar-refractivity contribution in [3.63, 3.8) is 0 Å².